The van der Waals surface area contributed by atoms with E-state index in [4.69, 9.17) is 11.6 Å². The molecule has 0 amide bonds. The van der Waals surface area contributed by atoms with Crippen molar-refractivity contribution < 1.29 is 31.4 Å². The number of alkyl halides is 4. The number of aromatic nitrogens is 9. The molecule has 208 valence electrons. The van der Waals surface area contributed by atoms with Crippen LogP contribution >= 0.6 is 11.6 Å². The Bertz CT molecular complexity index is 1610. The van der Waals surface area contributed by atoms with Crippen molar-refractivity contribution in [1.29, 1.82) is 0 Å². The predicted octanol–water partition coefficient (Wildman–Crippen LogP) is 4.43. The molecule has 0 unspecified atom stereocenters. The molecule has 0 spiro atoms. The minimum Gasteiger partial charge on any atom is -0.618 e. The Balaban J connectivity index is 1.54. The van der Waals surface area contributed by atoms with Gasteiger partial charge in [0.25, 0.3) is 0 Å². The summed E-state index contributed by atoms with van der Waals surface area (Å²) < 4.78 is 74.8. The first-order valence-electron chi connectivity index (χ1n) is 11.4. The molecule has 0 saturated heterocycles. The Morgan fingerprint density at radius 3 is 2.60 bits per heavy atom. The van der Waals surface area contributed by atoms with Crippen LogP contribution in [0.25, 0.3) is 28.2 Å². The lowest BCUT2D eigenvalue weighted by Gasteiger charge is -2.18. The van der Waals surface area contributed by atoms with E-state index >= 15 is 4.39 Å². The lowest BCUT2D eigenvalue weighted by atomic mass is 10.0. The summed E-state index contributed by atoms with van der Waals surface area (Å²) in [6, 6.07) is 4.66. The van der Waals surface area contributed by atoms with E-state index < -0.39 is 31.6 Å². The number of ether oxygens (including phenoxy) is 1. The summed E-state index contributed by atoms with van der Waals surface area (Å²) in [5.74, 6) is -0.990. The van der Waals surface area contributed by atoms with E-state index in [0.29, 0.717) is 9.41 Å². The zero-order valence-electron chi connectivity index (χ0n) is 20.0. The zero-order valence-corrected chi connectivity index (χ0v) is 20.8. The molecule has 5 rings (SSSR count). The monoisotopic (exact) mass is 581 g/mol. The van der Waals surface area contributed by atoms with Crippen molar-refractivity contribution in [3.05, 3.63) is 83.3 Å². The van der Waals surface area contributed by atoms with Gasteiger partial charge >= 0.3 is 13.2 Å². The number of hydrogen-bond acceptors (Lipinski definition) is 7. The molecule has 0 radical (unpaired) electrons. The highest BCUT2D eigenvalue weighted by Crippen LogP contribution is 2.34. The van der Waals surface area contributed by atoms with Crippen LogP contribution in [0.4, 0.5) is 22.0 Å². The summed E-state index contributed by atoms with van der Waals surface area (Å²) >= 11 is 6.01. The van der Waals surface area contributed by atoms with Gasteiger partial charge in [-0.2, -0.15) is 37.2 Å². The maximum absolute atomic E-state index is 15.2. The molecule has 0 saturated carbocycles. The lowest BCUT2D eigenvalue weighted by Crippen LogP contribution is -2.36. The molecule has 5 aromatic rings. The van der Waals surface area contributed by atoms with Gasteiger partial charge in [-0.3, -0.25) is 4.68 Å². The largest absolute Gasteiger partial charge is 0.618 e. The molecule has 0 bridgehead atoms. The fraction of sp³-hybridized carbons (Fsp3) is 0.217. The maximum Gasteiger partial charge on any atom is 0.345 e. The second kappa shape index (κ2) is 11.4. The van der Waals surface area contributed by atoms with E-state index in [9.17, 15) is 22.8 Å². The number of benzene rings is 1. The Labute approximate surface area is 226 Å². The third-order valence-corrected chi connectivity index (χ3v) is 6.18. The number of pyridine rings is 1. The van der Waals surface area contributed by atoms with Gasteiger partial charge in [-0.15, -0.1) is 5.10 Å². The van der Waals surface area contributed by atoms with Crippen LogP contribution in [-0.4, -0.2) is 52.8 Å². The molecule has 4 heterocycles. The first kappa shape index (κ1) is 27.1. The van der Waals surface area contributed by atoms with E-state index in [1.807, 2.05) is 0 Å². The van der Waals surface area contributed by atoms with Crippen LogP contribution in [0.3, 0.4) is 0 Å². The Morgan fingerprint density at radius 1 is 1.07 bits per heavy atom. The number of rotatable bonds is 10. The lowest BCUT2D eigenvalue weighted by molar-refractivity contribution is -0.615. The zero-order chi connectivity index (χ0) is 28.4. The quantitative estimate of drug-likeness (QED) is 0.136. The van der Waals surface area contributed by atoms with Gasteiger partial charge in [-0.05, 0) is 18.2 Å². The van der Waals surface area contributed by atoms with E-state index in [1.54, 1.807) is 0 Å². The molecule has 1 atom stereocenters. The second-order valence-corrected chi connectivity index (χ2v) is 8.63. The molecule has 0 N–H and O–H groups in total. The van der Waals surface area contributed by atoms with Crippen LogP contribution < -0.4 is 4.73 Å². The van der Waals surface area contributed by atoms with Crippen LogP contribution in [0.2, 0.25) is 5.02 Å². The molecular formula is C23H17ClF5N9O2. The number of nitrogens with zero attached hydrogens (tertiary/aromatic N) is 9. The standard InChI is InChI=1S/C23H17ClF5N9O2/c24-15-2-4-18(35-7-6-31-34-35)19(20(15)25)13-1-3-17(37(39)11-13)16(5-8-40-23(28)29)36-10-14(9-32-36)21-30-12-33-38(21)22(26)27/h1-4,6-7,9-12,16,22-23H,5,8H2/t16-/m1/s1. The smallest absolute Gasteiger partial charge is 0.345 e. The SMILES string of the molecule is [O-][n+]1cc(-c2c(-n3ccnn3)ccc(Cl)c2F)ccc1[C@@H](CCOC(F)F)n1cc(-c2ncnn2C(F)F)cn1. The topological polar surface area (TPSA) is 115 Å². The van der Waals surface area contributed by atoms with Gasteiger partial charge in [0.15, 0.2) is 17.8 Å². The summed E-state index contributed by atoms with van der Waals surface area (Å²) in [6.07, 6.45) is 7.30. The maximum atomic E-state index is 15.2. The van der Waals surface area contributed by atoms with Crippen molar-refractivity contribution in [2.75, 3.05) is 6.61 Å². The number of hydrogen-bond donors (Lipinski definition) is 0. The van der Waals surface area contributed by atoms with Crippen molar-refractivity contribution in [2.45, 2.75) is 25.6 Å². The van der Waals surface area contributed by atoms with Gasteiger partial charge < -0.3 is 9.94 Å². The number of halogens is 6. The van der Waals surface area contributed by atoms with E-state index in [0.717, 1.165) is 12.5 Å². The van der Waals surface area contributed by atoms with Gasteiger partial charge in [0.05, 0.1) is 52.6 Å². The van der Waals surface area contributed by atoms with E-state index in [1.165, 1.54) is 58.4 Å². The Kier molecular flexibility index (Phi) is 7.70. The molecule has 17 heteroatoms. The van der Waals surface area contributed by atoms with Crippen LogP contribution in [-0.2, 0) is 4.74 Å². The predicted molar refractivity (Wildman–Crippen MR) is 128 cm³/mol. The molecule has 40 heavy (non-hydrogen) atoms. The van der Waals surface area contributed by atoms with Crippen molar-refractivity contribution in [3.8, 4) is 28.2 Å². The highest BCUT2D eigenvalue weighted by atomic mass is 35.5. The summed E-state index contributed by atoms with van der Waals surface area (Å²) in [5.41, 5.74) is 0.535. The van der Waals surface area contributed by atoms with E-state index in [-0.39, 0.29) is 45.3 Å². The van der Waals surface area contributed by atoms with Crippen LogP contribution in [0.15, 0.2) is 61.6 Å². The third kappa shape index (κ3) is 5.35. The van der Waals surface area contributed by atoms with E-state index in [2.05, 4.69) is 30.2 Å². The molecule has 0 aliphatic carbocycles. The average Bonchev–Trinajstić information content (AvgIpc) is 3.70. The van der Waals surface area contributed by atoms with Gasteiger partial charge in [0.2, 0.25) is 5.69 Å². The molecule has 4 aromatic heterocycles. The molecule has 0 fully saturated rings. The second-order valence-electron chi connectivity index (χ2n) is 8.22. The molecular weight excluding hydrogens is 565 g/mol. The van der Waals surface area contributed by atoms with Crippen molar-refractivity contribution in [1.82, 2.24) is 39.5 Å². The minimum atomic E-state index is -3.05. The first-order valence-corrected chi connectivity index (χ1v) is 11.8. The summed E-state index contributed by atoms with van der Waals surface area (Å²) in [7, 11) is 0. The average molecular weight is 582 g/mol. The molecule has 1 aromatic carbocycles. The Hall–Kier alpha value is -4.44. The molecule has 11 nitrogen and oxygen atoms in total. The fourth-order valence-corrected chi connectivity index (χ4v) is 4.31. The summed E-state index contributed by atoms with van der Waals surface area (Å²) in [6.45, 7) is -6.49. The first-order chi connectivity index (χ1) is 19.2. The van der Waals surface area contributed by atoms with Gasteiger partial charge in [-0.25, -0.2) is 14.1 Å². The summed E-state index contributed by atoms with van der Waals surface area (Å²) in [4.78, 5) is 3.82. The fourth-order valence-electron chi connectivity index (χ4n) is 4.15. The molecule has 0 aliphatic heterocycles. The molecule has 0 aliphatic rings. The highest BCUT2D eigenvalue weighted by molar-refractivity contribution is 6.31. The minimum absolute atomic E-state index is 0.0244. The van der Waals surface area contributed by atoms with Crippen molar-refractivity contribution in [3.63, 3.8) is 0 Å². The van der Waals surface area contributed by atoms with Gasteiger partial charge in [-0.1, -0.05) is 16.8 Å². The van der Waals surface area contributed by atoms with Gasteiger partial charge in [0, 0.05) is 18.7 Å². The normalized spacial score (nSPS) is 12.5. The van der Waals surface area contributed by atoms with Crippen LogP contribution in [0, 0.1) is 11.0 Å². The van der Waals surface area contributed by atoms with Crippen LogP contribution in [0.1, 0.15) is 24.7 Å². The third-order valence-electron chi connectivity index (χ3n) is 5.89. The van der Waals surface area contributed by atoms with Gasteiger partial charge in [0.1, 0.15) is 12.4 Å². The highest BCUT2D eigenvalue weighted by Gasteiger charge is 2.27. The van der Waals surface area contributed by atoms with Crippen LogP contribution in [0.5, 0.6) is 0 Å². The van der Waals surface area contributed by atoms with Crippen molar-refractivity contribution in [2.24, 2.45) is 0 Å². The Morgan fingerprint density at radius 2 is 1.90 bits per heavy atom. The summed E-state index contributed by atoms with van der Waals surface area (Å²) in [5, 5.41) is 28.3. The van der Waals surface area contributed by atoms with Crippen molar-refractivity contribution >= 4 is 11.6 Å².